The smallest absolute Gasteiger partial charge is 0.279 e. The van der Waals surface area contributed by atoms with Gasteiger partial charge in [-0.1, -0.05) is 13.8 Å². The molecule has 0 aromatic carbocycles. The second-order valence-corrected chi connectivity index (χ2v) is 5.98. The first kappa shape index (κ1) is 12.6. The van der Waals surface area contributed by atoms with E-state index >= 15 is 0 Å². The van der Waals surface area contributed by atoms with Crippen LogP contribution in [0, 0.1) is 5.92 Å². The fourth-order valence-corrected chi connectivity index (χ4v) is 2.79. The Morgan fingerprint density at radius 2 is 2.13 bits per heavy atom. The maximum absolute atomic E-state index is 11.7. The third kappa shape index (κ3) is 3.89. The first-order valence-corrected chi connectivity index (χ1v) is 6.62. The molecule has 0 aromatic rings. The highest BCUT2D eigenvalue weighted by molar-refractivity contribution is 7.87. The van der Waals surface area contributed by atoms with Crippen molar-refractivity contribution < 1.29 is 13.2 Å². The van der Waals surface area contributed by atoms with Crippen molar-refractivity contribution in [2.45, 2.75) is 26.7 Å². The number of nitrogens with zero attached hydrogens (tertiary/aromatic N) is 1. The van der Waals surface area contributed by atoms with Crippen LogP contribution >= 0.6 is 0 Å². The van der Waals surface area contributed by atoms with Crippen LogP contribution < -0.4 is 4.72 Å². The molecular weight excluding hydrogens is 216 g/mol. The molecule has 0 radical (unpaired) electrons. The molecule has 0 unspecified atom stereocenters. The summed E-state index contributed by atoms with van der Waals surface area (Å²) in [6.07, 6.45) is 1.12. The molecule has 1 N–H and O–H groups in total. The molecule has 0 bridgehead atoms. The van der Waals surface area contributed by atoms with Crippen LogP contribution in [-0.4, -0.2) is 38.1 Å². The Bertz CT molecular complexity index is 324. The second-order valence-electron chi connectivity index (χ2n) is 4.22. The highest BCUT2D eigenvalue weighted by atomic mass is 32.2. The quantitative estimate of drug-likeness (QED) is 0.752. The summed E-state index contributed by atoms with van der Waals surface area (Å²) in [4.78, 5) is 11.1. The van der Waals surface area contributed by atoms with Crippen LogP contribution in [0.25, 0.3) is 0 Å². The molecule has 1 rings (SSSR count). The van der Waals surface area contributed by atoms with Crippen molar-refractivity contribution in [2.75, 3.05) is 19.6 Å². The zero-order valence-electron chi connectivity index (χ0n) is 9.19. The van der Waals surface area contributed by atoms with E-state index in [0.717, 1.165) is 0 Å². The Morgan fingerprint density at radius 1 is 1.47 bits per heavy atom. The van der Waals surface area contributed by atoms with Crippen LogP contribution in [0.3, 0.4) is 0 Å². The third-order valence-corrected chi connectivity index (χ3v) is 3.75. The Morgan fingerprint density at radius 3 is 2.67 bits per heavy atom. The van der Waals surface area contributed by atoms with E-state index in [1.807, 2.05) is 13.8 Å². The van der Waals surface area contributed by atoms with Gasteiger partial charge in [-0.2, -0.15) is 12.7 Å². The molecule has 0 atom stereocenters. The molecule has 0 aromatic heterocycles. The van der Waals surface area contributed by atoms with Gasteiger partial charge >= 0.3 is 0 Å². The minimum Gasteiger partial charge on any atom is -0.298 e. The molecule has 1 saturated heterocycles. The Balaban J connectivity index is 2.56. The Labute approximate surface area is 91.0 Å². The van der Waals surface area contributed by atoms with E-state index < -0.39 is 10.2 Å². The molecule has 0 aliphatic carbocycles. The van der Waals surface area contributed by atoms with E-state index in [0.29, 0.717) is 25.9 Å². The van der Waals surface area contributed by atoms with E-state index in [1.165, 1.54) is 4.31 Å². The molecule has 1 aliphatic rings. The second kappa shape index (κ2) is 5.05. The molecule has 6 heteroatoms. The van der Waals surface area contributed by atoms with Crippen LogP contribution in [0.2, 0.25) is 0 Å². The molecule has 1 aliphatic heterocycles. The molecule has 5 nitrogen and oxygen atoms in total. The molecule has 0 saturated carbocycles. The Hall–Kier alpha value is -0.460. The van der Waals surface area contributed by atoms with Crippen molar-refractivity contribution in [3.05, 3.63) is 0 Å². The van der Waals surface area contributed by atoms with Gasteiger partial charge in [0.05, 0.1) is 6.54 Å². The zero-order valence-corrected chi connectivity index (χ0v) is 10.0. The van der Waals surface area contributed by atoms with E-state index in [-0.39, 0.29) is 18.2 Å². The van der Waals surface area contributed by atoms with Gasteiger partial charge in [0.15, 0.2) is 0 Å². The Kier molecular flexibility index (Phi) is 4.24. The molecular formula is C9H18N2O3S. The number of nitrogens with one attached hydrogen (secondary N) is 1. The van der Waals surface area contributed by atoms with Gasteiger partial charge in [0.1, 0.15) is 5.78 Å². The van der Waals surface area contributed by atoms with E-state index in [9.17, 15) is 13.2 Å². The average Bonchev–Trinajstić information content (AvgIpc) is 2.15. The standard InChI is InChI=1S/C9H18N2O3S/c1-8(2)6-10-15(13,14)11-5-3-4-9(12)7-11/h8,10H,3-7H2,1-2H3. The van der Waals surface area contributed by atoms with Gasteiger partial charge in [-0.15, -0.1) is 0 Å². The predicted molar refractivity (Wildman–Crippen MR) is 57.6 cm³/mol. The van der Waals surface area contributed by atoms with Crippen molar-refractivity contribution in [3.63, 3.8) is 0 Å². The summed E-state index contributed by atoms with van der Waals surface area (Å²) in [6.45, 7) is 4.74. The third-order valence-electron chi connectivity index (χ3n) is 2.23. The lowest BCUT2D eigenvalue weighted by atomic mass is 10.1. The van der Waals surface area contributed by atoms with Crippen LogP contribution in [0.5, 0.6) is 0 Å². The summed E-state index contributed by atoms with van der Waals surface area (Å²) in [6, 6.07) is 0. The van der Waals surface area contributed by atoms with E-state index in [1.54, 1.807) is 0 Å². The predicted octanol–water partition coefficient (Wildman–Crippen LogP) is 0.142. The highest BCUT2D eigenvalue weighted by Crippen LogP contribution is 2.09. The summed E-state index contributed by atoms with van der Waals surface area (Å²) in [5, 5.41) is 0. The maximum atomic E-state index is 11.7. The normalized spacial score (nSPS) is 19.8. The number of hydrogen-bond acceptors (Lipinski definition) is 3. The zero-order chi connectivity index (χ0) is 11.5. The van der Waals surface area contributed by atoms with Crippen LogP contribution in [0.4, 0.5) is 0 Å². The van der Waals surface area contributed by atoms with Crippen molar-refractivity contribution in [1.82, 2.24) is 9.03 Å². The average molecular weight is 234 g/mol. The SMILES string of the molecule is CC(C)CNS(=O)(=O)N1CCCC(=O)C1. The number of Topliss-reactive ketones (excluding diaryl/α,β-unsaturated/α-hetero) is 1. The van der Waals surface area contributed by atoms with Gasteiger partial charge in [-0.3, -0.25) is 4.79 Å². The molecule has 0 spiro atoms. The van der Waals surface area contributed by atoms with Gasteiger partial charge in [-0.25, -0.2) is 4.72 Å². The molecule has 1 fully saturated rings. The van der Waals surface area contributed by atoms with Crippen molar-refractivity contribution in [2.24, 2.45) is 5.92 Å². The minimum absolute atomic E-state index is 0.00354. The first-order chi connectivity index (χ1) is 6.92. The number of piperidine rings is 1. The largest absolute Gasteiger partial charge is 0.298 e. The first-order valence-electron chi connectivity index (χ1n) is 5.18. The fourth-order valence-electron chi connectivity index (χ4n) is 1.38. The lowest BCUT2D eigenvalue weighted by Crippen LogP contribution is -2.46. The number of hydrogen-bond donors (Lipinski definition) is 1. The molecule has 0 amide bonds. The highest BCUT2D eigenvalue weighted by Gasteiger charge is 2.27. The lowest BCUT2D eigenvalue weighted by molar-refractivity contribution is -0.120. The summed E-state index contributed by atoms with van der Waals surface area (Å²) < 4.78 is 27.1. The maximum Gasteiger partial charge on any atom is 0.279 e. The fraction of sp³-hybridized carbons (Fsp3) is 0.889. The topological polar surface area (TPSA) is 66.5 Å². The summed E-state index contributed by atoms with van der Waals surface area (Å²) in [5.41, 5.74) is 0. The van der Waals surface area contributed by atoms with E-state index in [2.05, 4.69) is 4.72 Å². The number of ketones is 1. The monoisotopic (exact) mass is 234 g/mol. The van der Waals surface area contributed by atoms with Gasteiger partial charge in [-0.05, 0) is 12.3 Å². The van der Waals surface area contributed by atoms with Crippen molar-refractivity contribution >= 4 is 16.0 Å². The number of rotatable bonds is 4. The van der Waals surface area contributed by atoms with Crippen molar-refractivity contribution in [1.29, 1.82) is 0 Å². The summed E-state index contributed by atoms with van der Waals surface area (Å²) in [7, 11) is -3.45. The van der Waals surface area contributed by atoms with E-state index in [4.69, 9.17) is 0 Å². The van der Waals surface area contributed by atoms with Gasteiger partial charge < -0.3 is 0 Å². The van der Waals surface area contributed by atoms with Crippen LogP contribution in [-0.2, 0) is 15.0 Å². The molecule has 88 valence electrons. The molecule has 1 heterocycles. The molecule has 15 heavy (non-hydrogen) atoms. The van der Waals surface area contributed by atoms with Gasteiger partial charge in [0.25, 0.3) is 10.2 Å². The number of carbonyl (C=O) groups excluding carboxylic acids is 1. The lowest BCUT2D eigenvalue weighted by Gasteiger charge is -2.25. The number of carbonyl (C=O) groups is 1. The summed E-state index contributed by atoms with van der Waals surface area (Å²) >= 11 is 0. The minimum atomic E-state index is -3.45. The van der Waals surface area contributed by atoms with Crippen LogP contribution in [0.15, 0.2) is 0 Å². The van der Waals surface area contributed by atoms with Gasteiger partial charge in [0.2, 0.25) is 0 Å². The van der Waals surface area contributed by atoms with Crippen molar-refractivity contribution in [3.8, 4) is 0 Å². The van der Waals surface area contributed by atoms with Gasteiger partial charge in [0, 0.05) is 19.5 Å². The summed E-state index contributed by atoms with van der Waals surface area (Å²) in [5.74, 6) is 0.261. The van der Waals surface area contributed by atoms with Crippen LogP contribution in [0.1, 0.15) is 26.7 Å².